The van der Waals surface area contributed by atoms with Gasteiger partial charge in [0.05, 0.1) is 23.9 Å². The second kappa shape index (κ2) is 7.51. The smallest absolute Gasteiger partial charge is 0.258 e. The van der Waals surface area contributed by atoms with Gasteiger partial charge in [-0.1, -0.05) is 0 Å². The maximum atomic E-state index is 12.1. The van der Waals surface area contributed by atoms with Crippen LogP contribution in [0.1, 0.15) is 17.0 Å². The van der Waals surface area contributed by atoms with E-state index in [0.717, 1.165) is 27.9 Å². The summed E-state index contributed by atoms with van der Waals surface area (Å²) in [4.78, 5) is 17.3. The Morgan fingerprint density at radius 1 is 1.38 bits per heavy atom. The minimum absolute atomic E-state index is 0.0248. The molecule has 7 heteroatoms. The molecule has 2 aromatic heterocycles. The van der Waals surface area contributed by atoms with Crippen LogP contribution in [-0.2, 0) is 5.75 Å². The Morgan fingerprint density at radius 2 is 2.17 bits per heavy atom. The van der Waals surface area contributed by atoms with E-state index in [9.17, 15) is 4.79 Å². The molecule has 0 spiro atoms. The lowest BCUT2D eigenvalue weighted by molar-refractivity contribution is 0.344. The number of thioether (sulfide) groups is 1. The Morgan fingerprint density at radius 3 is 2.92 bits per heavy atom. The van der Waals surface area contributed by atoms with E-state index in [-0.39, 0.29) is 5.56 Å². The van der Waals surface area contributed by atoms with E-state index >= 15 is 0 Å². The zero-order valence-electron chi connectivity index (χ0n) is 13.1. The monoisotopic (exact) mass is 357 g/mol. The summed E-state index contributed by atoms with van der Waals surface area (Å²) in [5.41, 5.74) is 2.31. The molecule has 0 atom stereocenters. The van der Waals surface area contributed by atoms with E-state index in [1.165, 1.54) is 11.3 Å². The lowest BCUT2D eigenvalue weighted by Crippen LogP contribution is -2.14. The fourth-order valence-corrected chi connectivity index (χ4v) is 3.79. The van der Waals surface area contributed by atoms with Crippen molar-refractivity contribution in [3.8, 4) is 11.8 Å². The van der Waals surface area contributed by atoms with Gasteiger partial charge in [-0.15, -0.1) is 11.3 Å². The van der Waals surface area contributed by atoms with Crippen LogP contribution >= 0.6 is 23.1 Å². The Bertz CT molecular complexity index is 939. The third-order valence-corrected chi connectivity index (χ3v) is 5.26. The lowest BCUT2D eigenvalue weighted by atomic mass is 10.2. The van der Waals surface area contributed by atoms with Gasteiger partial charge in [0.25, 0.3) is 5.56 Å². The molecule has 1 aromatic carbocycles. The van der Waals surface area contributed by atoms with Gasteiger partial charge >= 0.3 is 0 Å². The summed E-state index contributed by atoms with van der Waals surface area (Å²) in [5, 5.41) is 10.7. The molecular formula is C17H15N3O2S2. The van der Waals surface area contributed by atoms with Crippen molar-refractivity contribution in [3.05, 3.63) is 63.0 Å². The number of ether oxygens (including phenoxy) is 1. The van der Waals surface area contributed by atoms with Crippen molar-refractivity contribution in [2.24, 2.45) is 0 Å². The molecule has 0 fully saturated rings. The third kappa shape index (κ3) is 3.78. The van der Waals surface area contributed by atoms with E-state index < -0.39 is 0 Å². The average molecular weight is 357 g/mol. The molecule has 2 heterocycles. The number of hydrogen-bond acceptors (Lipinski definition) is 6. The van der Waals surface area contributed by atoms with Crippen LogP contribution in [0.3, 0.4) is 0 Å². The highest BCUT2D eigenvalue weighted by Gasteiger charge is 2.06. The zero-order valence-corrected chi connectivity index (χ0v) is 14.7. The summed E-state index contributed by atoms with van der Waals surface area (Å²) in [5.74, 6) is 2.23. The Kier molecular flexibility index (Phi) is 5.18. The number of nitriles is 1. The zero-order chi connectivity index (χ0) is 16.9. The van der Waals surface area contributed by atoms with Crippen molar-refractivity contribution in [2.45, 2.75) is 12.7 Å². The van der Waals surface area contributed by atoms with Crippen molar-refractivity contribution >= 4 is 28.1 Å². The summed E-state index contributed by atoms with van der Waals surface area (Å²) in [6.45, 7) is 2.47. The topological polar surface area (TPSA) is 67.4 Å². The van der Waals surface area contributed by atoms with Crippen molar-refractivity contribution < 1.29 is 4.74 Å². The van der Waals surface area contributed by atoms with Crippen molar-refractivity contribution in [1.29, 1.82) is 5.26 Å². The molecule has 0 bridgehead atoms. The normalized spacial score (nSPS) is 10.7. The largest absolute Gasteiger partial charge is 0.493 e. The van der Waals surface area contributed by atoms with E-state index in [0.29, 0.717) is 17.9 Å². The van der Waals surface area contributed by atoms with E-state index in [4.69, 9.17) is 10.00 Å². The first kappa shape index (κ1) is 16.6. The van der Waals surface area contributed by atoms with Gasteiger partial charge in [0.15, 0.2) is 4.96 Å². The number of aryl methyl sites for hydroxylation is 1. The predicted molar refractivity (Wildman–Crippen MR) is 96.9 cm³/mol. The molecule has 0 N–H and O–H groups in total. The number of aromatic nitrogens is 2. The van der Waals surface area contributed by atoms with Gasteiger partial charge in [-0.05, 0) is 31.2 Å². The molecule has 3 aromatic rings. The number of rotatable bonds is 6. The molecule has 0 saturated heterocycles. The van der Waals surface area contributed by atoms with Gasteiger partial charge in [-0.25, -0.2) is 4.98 Å². The molecule has 0 amide bonds. The molecular weight excluding hydrogens is 342 g/mol. The molecule has 5 nitrogen and oxygen atoms in total. The minimum atomic E-state index is -0.0248. The van der Waals surface area contributed by atoms with Gasteiger partial charge in [-0.2, -0.15) is 17.0 Å². The predicted octanol–water partition coefficient (Wildman–Crippen LogP) is 3.25. The van der Waals surface area contributed by atoms with E-state index in [1.54, 1.807) is 46.5 Å². The highest BCUT2D eigenvalue weighted by Crippen LogP contribution is 2.16. The van der Waals surface area contributed by atoms with Gasteiger partial charge in [0.2, 0.25) is 0 Å². The number of thiazole rings is 1. The highest BCUT2D eigenvalue weighted by molar-refractivity contribution is 7.98. The van der Waals surface area contributed by atoms with Crippen molar-refractivity contribution in [2.75, 3.05) is 12.4 Å². The summed E-state index contributed by atoms with van der Waals surface area (Å²) < 4.78 is 7.26. The number of nitrogens with zero attached hydrogens (tertiary/aromatic N) is 3. The summed E-state index contributed by atoms with van der Waals surface area (Å²) >= 11 is 3.16. The molecule has 122 valence electrons. The quantitative estimate of drug-likeness (QED) is 0.634. The SMILES string of the molecule is Cc1csc2nc(CSCCOc3ccc(C#N)cc3)cc(=O)n12. The minimum Gasteiger partial charge on any atom is -0.493 e. The first-order chi connectivity index (χ1) is 11.7. The Balaban J connectivity index is 1.50. The molecule has 0 saturated carbocycles. The number of benzene rings is 1. The summed E-state index contributed by atoms with van der Waals surface area (Å²) in [7, 11) is 0. The van der Waals surface area contributed by atoms with Gasteiger partial charge in [0.1, 0.15) is 5.75 Å². The van der Waals surface area contributed by atoms with E-state index in [2.05, 4.69) is 11.1 Å². The van der Waals surface area contributed by atoms with Gasteiger partial charge in [0, 0.05) is 28.6 Å². The Labute approximate surface area is 147 Å². The fraction of sp³-hybridized carbons (Fsp3) is 0.235. The molecule has 24 heavy (non-hydrogen) atoms. The summed E-state index contributed by atoms with van der Waals surface area (Å²) in [6, 6.07) is 10.7. The number of fused-ring (bicyclic) bond motifs is 1. The van der Waals surface area contributed by atoms with E-state index in [1.807, 2.05) is 12.3 Å². The molecule has 3 rings (SSSR count). The van der Waals surface area contributed by atoms with Crippen molar-refractivity contribution in [3.63, 3.8) is 0 Å². The average Bonchev–Trinajstić information content (AvgIpc) is 2.96. The molecule has 0 aliphatic rings. The second-order valence-corrected chi connectivity index (χ2v) is 7.06. The van der Waals surface area contributed by atoms with Crippen LogP contribution in [0.25, 0.3) is 4.96 Å². The van der Waals surface area contributed by atoms with Crippen LogP contribution < -0.4 is 10.3 Å². The first-order valence-electron chi connectivity index (χ1n) is 7.35. The highest BCUT2D eigenvalue weighted by atomic mass is 32.2. The molecule has 0 aliphatic carbocycles. The molecule has 0 unspecified atom stereocenters. The van der Waals surface area contributed by atoms with Crippen LogP contribution in [0.4, 0.5) is 0 Å². The van der Waals surface area contributed by atoms with Crippen LogP contribution in [-0.4, -0.2) is 21.7 Å². The second-order valence-electron chi connectivity index (χ2n) is 5.12. The number of hydrogen-bond donors (Lipinski definition) is 0. The Hall–Kier alpha value is -2.30. The maximum Gasteiger partial charge on any atom is 0.258 e. The lowest BCUT2D eigenvalue weighted by Gasteiger charge is -2.06. The molecule has 0 radical (unpaired) electrons. The fourth-order valence-electron chi connectivity index (χ4n) is 2.20. The third-order valence-electron chi connectivity index (χ3n) is 3.36. The van der Waals surface area contributed by atoms with Crippen LogP contribution in [0, 0.1) is 18.3 Å². The first-order valence-corrected chi connectivity index (χ1v) is 9.38. The summed E-state index contributed by atoms with van der Waals surface area (Å²) in [6.07, 6.45) is 0. The molecule has 0 aliphatic heterocycles. The maximum absolute atomic E-state index is 12.1. The van der Waals surface area contributed by atoms with Crippen LogP contribution in [0.15, 0.2) is 40.5 Å². The van der Waals surface area contributed by atoms with Crippen LogP contribution in [0.5, 0.6) is 5.75 Å². The standard InChI is InChI=1S/C17H15N3O2S2/c1-12-10-24-17-19-14(8-16(21)20(12)17)11-23-7-6-22-15-4-2-13(9-18)3-5-15/h2-5,8,10H,6-7,11H2,1H3. The van der Waals surface area contributed by atoms with Gasteiger partial charge < -0.3 is 4.74 Å². The van der Waals surface area contributed by atoms with Crippen molar-refractivity contribution in [1.82, 2.24) is 9.38 Å². The van der Waals surface area contributed by atoms with Crippen LogP contribution in [0.2, 0.25) is 0 Å². The van der Waals surface area contributed by atoms with Gasteiger partial charge in [-0.3, -0.25) is 9.20 Å².